The van der Waals surface area contributed by atoms with E-state index in [4.69, 9.17) is 16.3 Å². The molecule has 1 aliphatic rings. The number of aryl methyl sites for hydroxylation is 1. The Hall–Kier alpha value is -3.01. The Balaban J connectivity index is 1.53. The minimum atomic E-state index is -0.415. The number of hydrogen-bond acceptors (Lipinski definition) is 5. The molecule has 1 saturated heterocycles. The molecular formula is C23H26ClFN6O2. The largest absolute Gasteiger partial charge is 0.383 e. The van der Waals surface area contributed by atoms with Crippen LogP contribution < -0.4 is 10.6 Å². The molecule has 2 aromatic heterocycles. The van der Waals surface area contributed by atoms with Gasteiger partial charge in [-0.2, -0.15) is 5.10 Å². The Labute approximate surface area is 196 Å². The van der Waals surface area contributed by atoms with Gasteiger partial charge in [0.2, 0.25) is 0 Å². The van der Waals surface area contributed by atoms with Gasteiger partial charge in [0.1, 0.15) is 10.8 Å². The highest BCUT2D eigenvalue weighted by Crippen LogP contribution is 2.30. The summed E-state index contributed by atoms with van der Waals surface area (Å²) in [6.07, 6.45) is 2.82. The minimum absolute atomic E-state index is 0.118. The lowest BCUT2D eigenvalue weighted by Crippen LogP contribution is -2.42. The van der Waals surface area contributed by atoms with Crippen LogP contribution >= 0.6 is 11.6 Å². The fraction of sp³-hybridized carbons (Fsp3) is 0.348. The molecule has 1 aliphatic heterocycles. The third kappa shape index (κ3) is 5.32. The number of likely N-dealkylation sites (tertiary alicyclic amines) is 1. The average Bonchev–Trinajstić information content (AvgIpc) is 3.34. The molecule has 1 unspecified atom stereocenters. The lowest BCUT2D eigenvalue weighted by atomic mass is 9.96. The second kappa shape index (κ2) is 10.3. The molecular weight excluding hydrogens is 447 g/mol. The minimum Gasteiger partial charge on any atom is -0.383 e. The van der Waals surface area contributed by atoms with Crippen molar-refractivity contribution < 1.29 is 13.9 Å². The van der Waals surface area contributed by atoms with Crippen LogP contribution in [0.15, 0.2) is 48.8 Å². The smallest absolute Gasteiger partial charge is 0.320 e. The number of halogens is 2. The molecule has 1 fully saturated rings. The zero-order valence-corrected chi connectivity index (χ0v) is 19.2. The van der Waals surface area contributed by atoms with E-state index in [2.05, 4.69) is 25.6 Å². The maximum atomic E-state index is 13.8. The van der Waals surface area contributed by atoms with Crippen molar-refractivity contribution >= 4 is 23.4 Å². The fourth-order valence-electron chi connectivity index (χ4n) is 4.09. The Morgan fingerprint density at radius 2 is 2.06 bits per heavy atom. The Morgan fingerprint density at radius 1 is 1.27 bits per heavy atom. The first-order valence-electron chi connectivity index (χ1n) is 10.7. The van der Waals surface area contributed by atoms with Crippen molar-refractivity contribution in [2.75, 3.05) is 38.7 Å². The molecule has 174 valence electrons. The maximum absolute atomic E-state index is 13.8. The third-order valence-electron chi connectivity index (χ3n) is 5.70. The lowest BCUT2D eigenvalue weighted by molar-refractivity contribution is 0.159. The van der Waals surface area contributed by atoms with Gasteiger partial charge in [-0.25, -0.2) is 13.9 Å². The first-order valence-corrected chi connectivity index (χ1v) is 11.0. The summed E-state index contributed by atoms with van der Waals surface area (Å²) < 4.78 is 20.6. The van der Waals surface area contributed by atoms with Crippen LogP contribution in [0, 0.1) is 12.7 Å². The summed E-state index contributed by atoms with van der Waals surface area (Å²) in [5, 5.41) is 10.7. The van der Waals surface area contributed by atoms with E-state index in [-0.39, 0.29) is 12.0 Å². The summed E-state index contributed by atoms with van der Waals surface area (Å²) in [4.78, 5) is 19.2. The lowest BCUT2D eigenvalue weighted by Gasteiger charge is -2.20. The third-order valence-corrected chi connectivity index (χ3v) is 6.15. The van der Waals surface area contributed by atoms with E-state index in [0.717, 1.165) is 11.3 Å². The first kappa shape index (κ1) is 23.2. The van der Waals surface area contributed by atoms with Gasteiger partial charge in [0.15, 0.2) is 5.82 Å². The molecule has 2 amide bonds. The van der Waals surface area contributed by atoms with Gasteiger partial charge >= 0.3 is 6.03 Å². The van der Waals surface area contributed by atoms with Crippen molar-refractivity contribution in [2.45, 2.75) is 18.9 Å². The zero-order chi connectivity index (χ0) is 23.4. The van der Waals surface area contributed by atoms with Crippen LogP contribution in [0.4, 0.5) is 15.0 Å². The summed E-state index contributed by atoms with van der Waals surface area (Å²) in [5.74, 6) is -0.136. The number of urea groups is 1. The highest BCUT2D eigenvalue weighted by molar-refractivity contribution is 6.34. The molecule has 1 aromatic carbocycles. The fourth-order valence-corrected chi connectivity index (χ4v) is 4.25. The molecule has 2 N–H and O–H groups in total. The topological polar surface area (TPSA) is 84.3 Å². The van der Waals surface area contributed by atoms with Crippen molar-refractivity contribution in [3.8, 4) is 5.69 Å². The number of aromatic nitrogens is 3. The normalized spacial score (nSPS) is 18.4. The van der Waals surface area contributed by atoms with E-state index in [1.807, 2.05) is 30.3 Å². The Morgan fingerprint density at radius 3 is 2.79 bits per heavy atom. The Kier molecular flexibility index (Phi) is 7.22. The first-order chi connectivity index (χ1) is 16.0. The molecule has 0 aliphatic carbocycles. The zero-order valence-electron chi connectivity index (χ0n) is 18.5. The molecule has 33 heavy (non-hydrogen) atoms. The number of nitrogens with one attached hydrogen (secondary N) is 2. The van der Waals surface area contributed by atoms with E-state index in [9.17, 15) is 9.18 Å². The van der Waals surface area contributed by atoms with Crippen LogP contribution in [0.1, 0.15) is 17.2 Å². The van der Waals surface area contributed by atoms with E-state index in [1.165, 1.54) is 12.3 Å². The number of carbonyl (C=O) groups is 1. The van der Waals surface area contributed by atoms with E-state index >= 15 is 0 Å². The van der Waals surface area contributed by atoms with Crippen molar-refractivity contribution in [3.05, 3.63) is 70.9 Å². The van der Waals surface area contributed by atoms with Crippen molar-refractivity contribution in [2.24, 2.45) is 0 Å². The molecule has 0 radical (unpaired) electrons. The predicted molar refractivity (Wildman–Crippen MR) is 125 cm³/mol. The molecule has 0 spiro atoms. The number of anilines is 1. The number of para-hydroxylation sites is 1. The van der Waals surface area contributed by atoms with Gasteiger partial charge in [-0.05, 0) is 30.7 Å². The number of methoxy groups -OCH3 is 1. The van der Waals surface area contributed by atoms with Crippen LogP contribution in [-0.2, 0) is 4.74 Å². The molecule has 2 atom stereocenters. The number of pyridine rings is 1. The number of rotatable bonds is 7. The molecule has 4 rings (SSSR count). The van der Waals surface area contributed by atoms with Crippen LogP contribution in [0.3, 0.4) is 0 Å². The number of ether oxygens (including phenoxy) is 1. The van der Waals surface area contributed by atoms with Crippen LogP contribution in [0.2, 0.25) is 5.02 Å². The molecule has 0 saturated carbocycles. The molecule has 3 heterocycles. The number of hydrogen-bond donors (Lipinski definition) is 2. The number of amides is 2. The quantitative estimate of drug-likeness (QED) is 0.549. The summed E-state index contributed by atoms with van der Waals surface area (Å²) in [6.45, 7) is 4.31. The highest BCUT2D eigenvalue weighted by atomic mass is 35.5. The molecule has 3 aromatic rings. The summed E-state index contributed by atoms with van der Waals surface area (Å²) >= 11 is 6.45. The second-order valence-electron chi connectivity index (χ2n) is 8.00. The van der Waals surface area contributed by atoms with Gasteiger partial charge < -0.3 is 10.1 Å². The van der Waals surface area contributed by atoms with E-state index in [1.54, 1.807) is 24.9 Å². The SMILES string of the molecule is COCCN1CC(c2cncc(F)c2)[C@H](NC(=O)Nc2c(Cl)c(C)nn2-c2ccccc2)C1. The standard InChI is InChI=1S/C23H26ClFN6O2/c1-15-21(24)22(31(29-15)18-6-4-3-5-7-18)28-23(32)27-20-14-30(8-9-33-2)13-19(20)16-10-17(25)12-26-11-16/h3-7,10-12,19-20H,8-9,13-14H2,1-2H3,(H2,27,28,32)/t19?,20-/m1/s1. The number of benzene rings is 1. The summed E-state index contributed by atoms with van der Waals surface area (Å²) in [7, 11) is 1.65. The van der Waals surface area contributed by atoms with Gasteiger partial charge in [0.25, 0.3) is 0 Å². The van der Waals surface area contributed by atoms with Gasteiger partial charge in [-0.15, -0.1) is 0 Å². The van der Waals surface area contributed by atoms with Crippen LogP contribution in [0.5, 0.6) is 0 Å². The molecule has 0 bridgehead atoms. The monoisotopic (exact) mass is 472 g/mol. The predicted octanol–water partition coefficient (Wildman–Crippen LogP) is 3.60. The maximum Gasteiger partial charge on any atom is 0.320 e. The van der Waals surface area contributed by atoms with Crippen LogP contribution in [-0.4, -0.2) is 65.1 Å². The molecule has 8 nitrogen and oxygen atoms in total. The average molecular weight is 473 g/mol. The van der Waals surface area contributed by atoms with Gasteiger partial charge in [-0.1, -0.05) is 29.8 Å². The van der Waals surface area contributed by atoms with Gasteiger partial charge in [0.05, 0.1) is 30.2 Å². The van der Waals surface area contributed by atoms with Crippen molar-refractivity contribution in [1.82, 2.24) is 25.0 Å². The summed E-state index contributed by atoms with van der Waals surface area (Å²) in [6, 6.07) is 10.2. The van der Waals surface area contributed by atoms with Crippen molar-refractivity contribution in [3.63, 3.8) is 0 Å². The van der Waals surface area contributed by atoms with Crippen molar-refractivity contribution in [1.29, 1.82) is 0 Å². The van der Waals surface area contributed by atoms with Gasteiger partial charge in [0, 0.05) is 38.9 Å². The highest BCUT2D eigenvalue weighted by Gasteiger charge is 2.35. The van der Waals surface area contributed by atoms with Gasteiger partial charge in [-0.3, -0.25) is 15.2 Å². The number of nitrogens with zero attached hydrogens (tertiary/aromatic N) is 4. The molecule has 10 heteroatoms. The number of carbonyl (C=O) groups excluding carboxylic acids is 1. The summed E-state index contributed by atoms with van der Waals surface area (Å²) in [5.41, 5.74) is 2.12. The van der Waals surface area contributed by atoms with Crippen LogP contribution in [0.25, 0.3) is 5.69 Å². The van der Waals surface area contributed by atoms with E-state index < -0.39 is 11.8 Å². The second-order valence-corrected chi connectivity index (χ2v) is 8.37. The van der Waals surface area contributed by atoms with E-state index in [0.29, 0.717) is 42.8 Å². The Bertz CT molecular complexity index is 1110.